The van der Waals surface area contributed by atoms with Crippen molar-refractivity contribution >= 4 is 5.97 Å². The number of rotatable bonds is 14. The van der Waals surface area contributed by atoms with E-state index in [0.29, 0.717) is 11.5 Å². The molecule has 3 unspecified atom stereocenters. The van der Waals surface area contributed by atoms with Crippen LogP contribution in [0.3, 0.4) is 0 Å². The number of para-hydroxylation sites is 1. The summed E-state index contributed by atoms with van der Waals surface area (Å²) >= 11 is 0. The highest BCUT2D eigenvalue weighted by atomic mass is 16.6. The molecule has 0 radical (unpaired) electrons. The van der Waals surface area contributed by atoms with Gasteiger partial charge in [-0.3, -0.25) is 4.79 Å². The Morgan fingerprint density at radius 2 is 1.38 bits per heavy atom. The van der Waals surface area contributed by atoms with Crippen LogP contribution in [-0.4, -0.2) is 33.2 Å². The number of carboxylic acid groups (broad SMARTS) is 1. The molecule has 0 saturated carbocycles. The number of phenols is 1. The lowest BCUT2D eigenvalue weighted by Gasteiger charge is -2.38. The van der Waals surface area contributed by atoms with E-state index in [9.17, 15) is 5.11 Å². The standard InChI is InChI=1S/C29H50O2.C8H10O2.C2H4O2/c1-20(2)12-9-13-21(3)14-10-15-22(4)16-11-18-29(8)19-17-26-25(7)27(30)23(5)24(6)28(26)31-29;1-7(9)10-8-5-3-2-4-6-8;1-2(3)4/h20-22,30H,9-19H2,1-8H3;2-7,9H,1H3;1H3,(H,3,4)/t21?,22?,29-;;/m1../s1. The van der Waals surface area contributed by atoms with Crippen LogP contribution < -0.4 is 9.47 Å². The summed E-state index contributed by atoms with van der Waals surface area (Å²) in [6.07, 6.45) is 13.3. The highest BCUT2D eigenvalue weighted by Crippen LogP contribution is 2.44. The molecule has 3 rings (SSSR count). The zero-order chi connectivity index (χ0) is 34.2. The molecule has 2 aromatic rings. The summed E-state index contributed by atoms with van der Waals surface area (Å²) in [4.78, 5) is 9.00. The van der Waals surface area contributed by atoms with Gasteiger partial charge in [0.15, 0.2) is 6.29 Å². The topological polar surface area (TPSA) is 96.2 Å². The summed E-state index contributed by atoms with van der Waals surface area (Å²) in [7, 11) is 0. The van der Waals surface area contributed by atoms with Gasteiger partial charge in [0.1, 0.15) is 22.8 Å². The first-order chi connectivity index (χ1) is 21.1. The highest BCUT2D eigenvalue weighted by Gasteiger charge is 2.34. The van der Waals surface area contributed by atoms with Crippen molar-refractivity contribution in [3.63, 3.8) is 0 Å². The van der Waals surface area contributed by atoms with Gasteiger partial charge in [0.2, 0.25) is 0 Å². The van der Waals surface area contributed by atoms with E-state index in [1.807, 2.05) is 32.0 Å². The van der Waals surface area contributed by atoms with Crippen molar-refractivity contribution in [3.05, 3.63) is 52.6 Å². The van der Waals surface area contributed by atoms with Crippen LogP contribution in [0.1, 0.15) is 135 Å². The lowest BCUT2D eigenvalue weighted by Crippen LogP contribution is -2.37. The van der Waals surface area contributed by atoms with Gasteiger partial charge < -0.3 is 24.8 Å². The zero-order valence-corrected chi connectivity index (χ0v) is 30.0. The van der Waals surface area contributed by atoms with Crippen molar-refractivity contribution in [1.29, 1.82) is 0 Å². The van der Waals surface area contributed by atoms with Crippen LogP contribution in [0.5, 0.6) is 17.2 Å². The number of ether oxygens (including phenoxy) is 2. The number of aliphatic hydroxyl groups excluding tert-OH is 1. The summed E-state index contributed by atoms with van der Waals surface area (Å²) in [6, 6.07) is 9.21. The maximum absolute atomic E-state index is 10.4. The number of benzene rings is 2. The number of aliphatic hydroxyl groups is 1. The Morgan fingerprint density at radius 3 is 1.89 bits per heavy atom. The van der Waals surface area contributed by atoms with Crippen LogP contribution in [-0.2, 0) is 11.2 Å². The number of hydrogen-bond acceptors (Lipinski definition) is 5. The van der Waals surface area contributed by atoms with Gasteiger partial charge in [-0.15, -0.1) is 0 Å². The van der Waals surface area contributed by atoms with E-state index in [1.165, 1.54) is 56.9 Å². The maximum atomic E-state index is 10.4. The highest BCUT2D eigenvalue weighted by molar-refractivity contribution is 5.63. The largest absolute Gasteiger partial charge is 0.507 e. The first-order valence-electron chi connectivity index (χ1n) is 17.2. The minimum atomic E-state index is -0.833. The smallest absolute Gasteiger partial charge is 0.300 e. The first kappa shape index (κ1) is 40.3. The van der Waals surface area contributed by atoms with Crippen LogP contribution in [0.15, 0.2) is 30.3 Å². The molecular formula is C39H64O6. The quantitative estimate of drug-likeness (QED) is 0.180. The minimum Gasteiger partial charge on any atom is -0.507 e. The Bertz CT molecular complexity index is 1120. The van der Waals surface area contributed by atoms with E-state index >= 15 is 0 Å². The SMILES string of the molecule is CC(=O)O.CC(O)Oc1ccccc1.Cc1c(C)c2c(c(C)c1O)CC[C@@](C)(CCCC(C)CCCC(C)CCCC(C)C)O2. The minimum absolute atomic E-state index is 0.0712. The third kappa shape index (κ3) is 15.9. The zero-order valence-electron chi connectivity index (χ0n) is 30.0. The van der Waals surface area contributed by atoms with Gasteiger partial charge in [0.05, 0.1) is 0 Å². The van der Waals surface area contributed by atoms with Crippen molar-refractivity contribution in [3.8, 4) is 17.2 Å². The second-order valence-corrected chi connectivity index (χ2v) is 14.0. The van der Waals surface area contributed by atoms with Crippen molar-refractivity contribution in [1.82, 2.24) is 0 Å². The average molecular weight is 629 g/mol. The molecule has 0 saturated heterocycles. The van der Waals surface area contributed by atoms with E-state index in [2.05, 4.69) is 41.5 Å². The molecule has 0 amide bonds. The number of carbonyl (C=O) groups is 1. The molecule has 0 spiro atoms. The van der Waals surface area contributed by atoms with Gasteiger partial charge in [-0.25, -0.2) is 0 Å². The van der Waals surface area contributed by atoms with Crippen molar-refractivity contribution < 1.29 is 29.6 Å². The second kappa shape index (κ2) is 20.4. The second-order valence-electron chi connectivity index (χ2n) is 14.0. The molecule has 256 valence electrons. The number of fused-ring (bicyclic) bond motifs is 1. The Labute approximate surface area is 274 Å². The molecule has 6 heteroatoms. The molecule has 0 bridgehead atoms. The summed E-state index contributed by atoms with van der Waals surface area (Å²) in [6.45, 7) is 20.6. The van der Waals surface area contributed by atoms with E-state index in [0.717, 1.165) is 66.4 Å². The molecule has 0 fully saturated rings. The van der Waals surface area contributed by atoms with Crippen LogP contribution in [0.4, 0.5) is 0 Å². The van der Waals surface area contributed by atoms with E-state index < -0.39 is 12.3 Å². The van der Waals surface area contributed by atoms with Gasteiger partial charge in [-0.1, -0.05) is 90.8 Å². The number of carboxylic acids is 1. The summed E-state index contributed by atoms with van der Waals surface area (Å²) in [5.74, 6) is 3.89. The molecule has 1 aliphatic rings. The number of aromatic hydroxyl groups is 1. The average Bonchev–Trinajstić information content (AvgIpc) is 2.95. The molecule has 0 aliphatic carbocycles. The van der Waals surface area contributed by atoms with Crippen molar-refractivity contribution in [2.75, 3.05) is 0 Å². The van der Waals surface area contributed by atoms with Gasteiger partial charge in [0, 0.05) is 12.5 Å². The predicted octanol–water partition coefficient (Wildman–Crippen LogP) is 10.3. The van der Waals surface area contributed by atoms with Gasteiger partial charge in [0.25, 0.3) is 5.97 Å². The fourth-order valence-corrected chi connectivity index (χ4v) is 5.97. The van der Waals surface area contributed by atoms with Crippen LogP contribution in [0.2, 0.25) is 0 Å². The molecule has 6 nitrogen and oxygen atoms in total. The lowest BCUT2D eigenvalue weighted by molar-refractivity contribution is -0.134. The van der Waals surface area contributed by atoms with Crippen LogP contribution in [0.25, 0.3) is 0 Å². The van der Waals surface area contributed by atoms with Gasteiger partial charge in [-0.05, 0) is 107 Å². The molecule has 4 atom stereocenters. The lowest BCUT2D eigenvalue weighted by atomic mass is 9.84. The molecule has 2 aromatic carbocycles. The number of aliphatic carboxylic acids is 1. The van der Waals surface area contributed by atoms with Gasteiger partial charge in [-0.2, -0.15) is 0 Å². The molecule has 3 N–H and O–H groups in total. The van der Waals surface area contributed by atoms with Gasteiger partial charge >= 0.3 is 0 Å². The molecule has 1 aliphatic heterocycles. The Morgan fingerprint density at radius 1 is 0.867 bits per heavy atom. The van der Waals surface area contributed by atoms with E-state index in [4.69, 9.17) is 24.5 Å². The third-order valence-corrected chi connectivity index (χ3v) is 8.92. The molecule has 45 heavy (non-hydrogen) atoms. The Balaban J connectivity index is 0.000000595. The Kier molecular flexibility index (Phi) is 18.3. The van der Waals surface area contributed by atoms with Crippen LogP contribution >= 0.6 is 0 Å². The van der Waals surface area contributed by atoms with Crippen LogP contribution in [0, 0.1) is 38.5 Å². The van der Waals surface area contributed by atoms with E-state index in [-0.39, 0.29) is 5.60 Å². The van der Waals surface area contributed by atoms with Crippen molar-refractivity contribution in [2.45, 2.75) is 152 Å². The molecule has 0 aromatic heterocycles. The van der Waals surface area contributed by atoms with Crippen molar-refractivity contribution in [2.24, 2.45) is 17.8 Å². The molecular weight excluding hydrogens is 564 g/mol. The number of hydrogen-bond donors (Lipinski definition) is 3. The summed E-state index contributed by atoms with van der Waals surface area (Å²) in [5, 5.41) is 26.6. The third-order valence-electron chi connectivity index (χ3n) is 8.92. The fraction of sp³-hybridized carbons (Fsp3) is 0.667. The summed E-state index contributed by atoms with van der Waals surface area (Å²) in [5.41, 5.74) is 4.23. The number of phenolic OH excluding ortho intramolecular Hbond substituents is 1. The predicted molar refractivity (Wildman–Crippen MR) is 186 cm³/mol. The van der Waals surface area contributed by atoms with E-state index in [1.54, 1.807) is 19.1 Å². The summed E-state index contributed by atoms with van der Waals surface area (Å²) < 4.78 is 11.6. The maximum Gasteiger partial charge on any atom is 0.300 e. The fourth-order valence-electron chi connectivity index (χ4n) is 5.97. The molecule has 1 heterocycles. The first-order valence-corrected chi connectivity index (χ1v) is 17.2. The Hall–Kier alpha value is -2.73. The monoisotopic (exact) mass is 628 g/mol. The normalized spacial score (nSPS) is 17.4.